The number of aromatic nitrogens is 2. The Morgan fingerprint density at radius 2 is 2.11 bits per heavy atom. The number of halogens is 1. The molecule has 0 bridgehead atoms. The summed E-state index contributed by atoms with van der Waals surface area (Å²) in [6.45, 7) is 3.89. The van der Waals surface area contributed by atoms with Gasteiger partial charge in [-0.2, -0.15) is 0 Å². The average molecular weight is 260 g/mol. The van der Waals surface area contributed by atoms with E-state index in [0.29, 0.717) is 17.3 Å². The quantitative estimate of drug-likeness (QED) is 0.886. The highest BCUT2D eigenvalue weighted by molar-refractivity contribution is 5.66. The molecule has 0 unspecified atom stereocenters. The average Bonchev–Trinajstić information content (AvgIpc) is 2.38. The summed E-state index contributed by atoms with van der Waals surface area (Å²) in [7, 11) is 0. The first kappa shape index (κ1) is 13.3. The van der Waals surface area contributed by atoms with Gasteiger partial charge in [0.05, 0.1) is 5.69 Å². The van der Waals surface area contributed by atoms with Crippen LogP contribution in [0.5, 0.6) is 0 Å². The van der Waals surface area contributed by atoms with E-state index in [-0.39, 0.29) is 5.82 Å². The number of para-hydroxylation sites is 1. The van der Waals surface area contributed by atoms with E-state index in [4.69, 9.17) is 5.73 Å². The van der Waals surface area contributed by atoms with Gasteiger partial charge < -0.3 is 11.1 Å². The summed E-state index contributed by atoms with van der Waals surface area (Å²) in [5, 5.41) is 3.03. The lowest BCUT2D eigenvalue weighted by atomic mass is 10.1. The number of nitrogens with zero attached hydrogens (tertiary/aromatic N) is 2. The predicted molar refractivity (Wildman–Crippen MR) is 74.9 cm³/mol. The standard InChI is InChI=1S/C14H17FN4/c1-3-5-10-13(16)17-8-18-14(10)19-12-9(2)6-4-7-11(12)15/h4,6-8H,3,5H2,1-2H3,(H3,16,17,18,19). The van der Waals surface area contributed by atoms with Crippen LogP contribution in [-0.2, 0) is 6.42 Å². The van der Waals surface area contributed by atoms with Gasteiger partial charge in [0, 0.05) is 5.56 Å². The molecular weight excluding hydrogens is 243 g/mol. The van der Waals surface area contributed by atoms with E-state index < -0.39 is 0 Å². The lowest BCUT2D eigenvalue weighted by molar-refractivity contribution is 0.630. The predicted octanol–water partition coefficient (Wildman–Crippen LogP) is 3.20. The molecule has 0 spiro atoms. The van der Waals surface area contributed by atoms with Gasteiger partial charge >= 0.3 is 0 Å². The van der Waals surface area contributed by atoms with Gasteiger partial charge in [-0.1, -0.05) is 25.5 Å². The van der Waals surface area contributed by atoms with Gasteiger partial charge in [-0.3, -0.25) is 0 Å². The lowest BCUT2D eigenvalue weighted by Crippen LogP contribution is -2.06. The maximum Gasteiger partial charge on any atom is 0.146 e. The maximum absolute atomic E-state index is 13.8. The van der Waals surface area contributed by atoms with Gasteiger partial charge in [-0.25, -0.2) is 14.4 Å². The van der Waals surface area contributed by atoms with Crippen molar-refractivity contribution in [3.63, 3.8) is 0 Å². The Hall–Kier alpha value is -2.17. The monoisotopic (exact) mass is 260 g/mol. The van der Waals surface area contributed by atoms with Crippen LogP contribution < -0.4 is 11.1 Å². The second-order valence-corrected chi connectivity index (χ2v) is 4.39. The summed E-state index contributed by atoms with van der Waals surface area (Å²) < 4.78 is 13.8. The number of hydrogen-bond donors (Lipinski definition) is 2. The largest absolute Gasteiger partial charge is 0.383 e. The Bertz CT molecular complexity index is 563. The third-order valence-electron chi connectivity index (χ3n) is 2.94. The lowest BCUT2D eigenvalue weighted by Gasteiger charge is -2.14. The molecule has 0 radical (unpaired) electrons. The Morgan fingerprint density at radius 3 is 2.79 bits per heavy atom. The molecule has 0 aliphatic rings. The zero-order valence-electron chi connectivity index (χ0n) is 11.1. The van der Waals surface area contributed by atoms with Crippen molar-refractivity contribution >= 4 is 17.3 Å². The molecule has 100 valence electrons. The van der Waals surface area contributed by atoms with Crippen LogP contribution in [0.2, 0.25) is 0 Å². The molecule has 1 aromatic heterocycles. The van der Waals surface area contributed by atoms with Crippen LogP contribution in [0.15, 0.2) is 24.5 Å². The summed E-state index contributed by atoms with van der Waals surface area (Å²) in [5.74, 6) is 0.704. The number of hydrogen-bond acceptors (Lipinski definition) is 4. The maximum atomic E-state index is 13.8. The van der Waals surface area contributed by atoms with Crippen molar-refractivity contribution in [3.05, 3.63) is 41.5 Å². The van der Waals surface area contributed by atoms with E-state index in [1.54, 1.807) is 6.07 Å². The molecule has 5 heteroatoms. The molecule has 1 aromatic carbocycles. The molecular formula is C14H17FN4. The molecule has 2 aromatic rings. The highest BCUT2D eigenvalue weighted by Crippen LogP contribution is 2.26. The first-order chi connectivity index (χ1) is 9.13. The summed E-state index contributed by atoms with van der Waals surface area (Å²) >= 11 is 0. The van der Waals surface area contributed by atoms with Crippen LogP contribution in [0, 0.1) is 12.7 Å². The number of aryl methyl sites for hydroxylation is 1. The first-order valence-corrected chi connectivity index (χ1v) is 6.25. The van der Waals surface area contributed by atoms with Crippen molar-refractivity contribution in [2.75, 3.05) is 11.1 Å². The number of nitrogen functional groups attached to an aromatic ring is 1. The molecule has 19 heavy (non-hydrogen) atoms. The van der Waals surface area contributed by atoms with Crippen molar-refractivity contribution < 1.29 is 4.39 Å². The number of anilines is 3. The van der Waals surface area contributed by atoms with Crippen LogP contribution >= 0.6 is 0 Å². The topological polar surface area (TPSA) is 63.8 Å². The molecule has 0 amide bonds. The Balaban J connectivity index is 2.41. The summed E-state index contributed by atoms with van der Waals surface area (Å²) in [4.78, 5) is 8.14. The fraction of sp³-hybridized carbons (Fsp3) is 0.286. The Morgan fingerprint density at radius 1 is 1.32 bits per heavy atom. The minimum Gasteiger partial charge on any atom is -0.383 e. The third-order valence-corrected chi connectivity index (χ3v) is 2.94. The molecule has 0 saturated carbocycles. The van der Waals surface area contributed by atoms with Crippen LogP contribution in [0.1, 0.15) is 24.5 Å². The minimum atomic E-state index is -0.306. The van der Waals surface area contributed by atoms with Crippen molar-refractivity contribution in [1.82, 2.24) is 9.97 Å². The molecule has 0 fully saturated rings. The van der Waals surface area contributed by atoms with E-state index in [9.17, 15) is 4.39 Å². The number of rotatable bonds is 4. The van der Waals surface area contributed by atoms with Gasteiger partial charge in [0.15, 0.2) is 0 Å². The molecule has 2 rings (SSSR count). The van der Waals surface area contributed by atoms with Crippen molar-refractivity contribution in [1.29, 1.82) is 0 Å². The summed E-state index contributed by atoms with van der Waals surface area (Å²) in [6, 6.07) is 4.94. The van der Waals surface area contributed by atoms with E-state index in [1.165, 1.54) is 12.4 Å². The zero-order chi connectivity index (χ0) is 13.8. The smallest absolute Gasteiger partial charge is 0.146 e. The zero-order valence-corrected chi connectivity index (χ0v) is 11.1. The van der Waals surface area contributed by atoms with E-state index in [2.05, 4.69) is 15.3 Å². The fourth-order valence-electron chi connectivity index (χ4n) is 1.94. The van der Waals surface area contributed by atoms with E-state index in [1.807, 2.05) is 19.9 Å². The van der Waals surface area contributed by atoms with Crippen LogP contribution in [0.3, 0.4) is 0 Å². The van der Waals surface area contributed by atoms with E-state index >= 15 is 0 Å². The molecule has 4 nitrogen and oxygen atoms in total. The number of nitrogens with one attached hydrogen (secondary N) is 1. The molecule has 3 N–H and O–H groups in total. The summed E-state index contributed by atoms with van der Waals surface area (Å²) in [6.07, 6.45) is 3.05. The Labute approximate surface area is 111 Å². The van der Waals surface area contributed by atoms with Crippen molar-refractivity contribution in [2.45, 2.75) is 26.7 Å². The molecule has 0 aliphatic carbocycles. The van der Waals surface area contributed by atoms with Crippen molar-refractivity contribution in [2.24, 2.45) is 0 Å². The fourth-order valence-corrected chi connectivity index (χ4v) is 1.94. The second-order valence-electron chi connectivity index (χ2n) is 4.39. The third kappa shape index (κ3) is 2.81. The molecule has 0 atom stereocenters. The first-order valence-electron chi connectivity index (χ1n) is 6.25. The van der Waals surface area contributed by atoms with Gasteiger partial charge in [0.1, 0.15) is 23.8 Å². The SMILES string of the molecule is CCCc1c(N)ncnc1Nc1c(C)cccc1F. The van der Waals surface area contributed by atoms with Gasteiger partial charge in [-0.15, -0.1) is 0 Å². The highest BCUT2D eigenvalue weighted by atomic mass is 19.1. The van der Waals surface area contributed by atoms with E-state index in [0.717, 1.165) is 24.0 Å². The van der Waals surface area contributed by atoms with Crippen LogP contribution in [0.4, 0.5) is 21.7 Å². The number of benzene rings is 1. The summed E-state index contributed by atoms with van der Waals surface area (Å²) in [5.41, 5.74) is 7.93. The van der Waals surface area contributed by atoms with Crippen LogP contribution in [0.25, 0.3) is 0 Å². The normalized spacial score (nSPS) is 10.5. The van der Waals surface area contributed by atoms with Gasteiger partial charge in [0.2, 0.25) is 0 Å². The second kappa shape index (κ2) is 5.65. The molecule has 0 saturated heterocycles. The number of nitrogens with two attached hydrogens (primary N) is 1. The molecule has 1 heterocycles. The van der Waals surface area contributed by atoms with Crippen LogP contribution in [-0.4, -0.2) is 9.97 Å². The minimum absolute atomic E-state index is 0.306. The Kier molecular flexibility index (Phi) is 3.94. The van der Waals surface area contributed by atoms with Gasteiger partial charge in [0.25, 0.3) is 0 Å². The van der Waals surface area contributed by atoms with Crippen molar-refractivity contribution in [3.8, 4) is 0 Å². The molecule has 0 aliphatic heterocycles. The van der Waals surface area contributed by atoms with Gasteiger partial charge in [-0.05, 0) is 25.0 Å². The highest BCUT2D eigenvalue weighted by Gasteiger charge is 2.12.